The quantitative estimate of drug-likeness (QED) is 0.0373. The summed E-state index contributed by atoms with van der Waals surface area (Å²) in [5.41, 5.74) is 14.4. The molecule has 0 aromatic heterocycles. The predicted octanol–water partition coefficient (Wildman–Crippen LogP) is 2.90. The number of hydrogen-bond acceptors (Lipinski definition) is 8. The van der Waals surface area contributed by atoms with E-state index in [1.807, 2.05) is 0 Å². The summed E-state index contributed by atoms with van der Waals surface area (Å²) in [6.07, 6.45) is 2.89. The lowest BCUT2D eigenvalue weighted by molar-refractivity contribution is -0.117. The van der Waals surface area contributed by atoms with Crippen LogP contribution < -0.4 is 16.4 Å². The minimum absolute atomic E-state index is 0.0849. The molecule has 10 nitrogen and oxygen atoms in total. The summed E-state index contributed by atoms with van der Waals surface area (Å²) in [6, 6.07) is 4.33. The maximum Gasteiger partial charge on any atom is 0.255 e. The number of allylic oxidation sites excluding steroid dienone is 1. The van der Waals surface area contributed by atoms with Gasteiger partial charge in [0, 0.05) is 47.8 Å². The fourth-order valence-corrected chi connectivity index (χ4v) is 3.89. The van der Waals surface area contributed by atoms with E-state index in [0.29, 0.717) is 30.3 Å². The number of nitrogens with one attached hydrogen (secondary N) is 2. The molecule has 0 aliphatic carbocycles. The molecule has 1 rings (SSSR count). The van der Waals surface area contributed by atoms with E-state index in [2.05, 4.69) is 20.7 Å². The third-order valence-corrected chi connectivity index (χ3v) is 5.87. The average molecular weight is 453 g/mol. The fourth-order valence-electron chi connectivity index (χ4n) is 2.08. The number of phenolic OH excluding ortho intramolecular Hbond substituents is 1. The monoisotopic (exact) mass is 452 g/mol. The van der Waals surface area contributed by atoms with E-state index in [0.717, 1.165) is 0 Å². The first kappa shape index (κ1) is 25.1. The van der Waals surface area contributed by atoms with Gasteiger partial charge < -0.3 is 26.6 Å². The van der Waals surface area contributed by atoms with Crippen molar-refractivity contribution in [2.24, 2.45) is 5.11 Å². The maximum atomic E-state index is 12.1. The molecule has 0 heterocycles. The number of aliphatic hydroxyl groups excluding tert-OH is 1. The van der Waals surface area contributed by atoms with Crippen molar-refractivity contribution in [3.63, 3.8) is 0 Å². The highest BCUT2D eigenvalue weighted by molar-refractivity contribution is 8.76. The molecule has 0 aliphatic rings. The lowest BCUT2D eigenvalue weighted by Gasteiger charge is -2.08. The van der Waals surface area contributed by atoms with Crippen molar-refractivity contribution in [3.8, 4) is 5.75 Å². The Balaban J connectivity index is 2.22. The van der Waals surface area contributed by atoms with Gasteiger partial charge >= 0.3 is 0 Å². The van der Waals surface area contributed by atoms with Gasteiger partial charge in [-0.25, -0.2) is 0 Å². The van der Waals surface area contributed by atoms with E-state index in [4.69, 9.17) is 11.3 Å². The zero-order valence-corrected chi connectivity index (χ0v) is 18.0. The van der Waals surface area contributed by atoms with Crippen LogP contribution in [0.25, 0.3) is 10.4 Å². The number of phenols is 1. The van der Waals surface area contributed by atoms with Crippen LogP contribution in [0.1, 0.15) is 17.3 Å². The largest absolute Gasteiger partial charge is 0.512 e. The molecular formula is C18H24N6O4S2. The lowest BCUT2D eigenvalue weighted by Crippen LogP contribution is -2.27. The van der Waals surface area contributed by atoms with Gasteiger partial charge in [0.2, 0.25) is 0 Å². The molecule has 12 heteroatoms. The van der Waals surface area contributed by atoms with E-state index in [1.165, 1.54) is 52.8 Å². The van der Waals surface area contributed by atoms with E-state index in [-0.39, 0.29) is 35.1 Å². The Morgan fingerprint density at radius 1 is 1.27 bits per heavy atom. The van der Waals surface area contributed by atoms with Gasteiger partial charge in [-0.15, -0.1) is 0 Å². The summed E-state index contributed by atoms with van der Waals surface area (Å²) in [4.78, 5) is 26.7. The number of rotatable bonds is 12. The third-order valence-electron chi connectivity index (χ3n) is 3.46. The van der Waals surface area contributed by atoms with Crippen molar-refractivity contribution < 1.29 is 19.8 Å². The highest BCUT2D eigenvalue weighted by atomic mass is 33.1. The number of aliphatic hydroxyl groups is 1. The fraction of sp³-hybridized carbons (Fsp3) is 0.333. The zero-order chi connectivity index (χ0) is 22.4. The molecule has 0 unspecified atom stereocenters. The number of carbonyl (C=O) groups excluding carboxylic acids is 2. The Hall–Kier alpha value is -2.95. The lowest BCUT2D eigenvalue weighted by atomic mass is 10.1. The van der Waals surface area contributed by atoms with Gasteiger partial charge in [-0.05, 0) is 30.7 Å². The number of benzene rings is 1. The van der Waals surface area contributed by atoms with Crippen molar-refractivity contribution in [1.29, 1.82) is 0 Å². The van der Waals surface area contributed by atoms with Crippen LogP contribution in [-0.4, -0.2) is 53.2 Å². The SMILES string of the molecule is C/C(O)=C(\C=C/CN=[N+]=[N-])C(=O)NCCSSCCNC(=O)c1ccc(N)cc1O. The number of carbonyl (C=O) groups is 2. The van der Waals surface area contributed by atoms with E-state index < -0.39 is 5.91 Å². The minimum Gasteiger partial charge on any atom is -0.512 e. The Labute approximate surface area is 182 Å². The molecule has 0 saturated heterocycles. The second-order valence-corrected chi connectivity index (χ2v) is 8.45. The first-order chi connectivity index (χ1) is 14.4. The summed E-state index contributed by atoms with van der Waals surface area (Å²) in [6.45, 7) is 2.29. The maximum absolute atomic E-state index is 12.1. The van der Waals surface area contributed by atoms with E-state index >= 15 is 0 Å². The summed E-state index contributed by atoms with van der Waals surface area (Å²) in [7, 11) is 3.05. The molecule has 0 aliphatic heterocycles. The number of anilines is 1. The van der Waals surface area contributed by atoms with E-state index in [1.54, 1.807) is 6.07 Å². The molecule has 0 saturated carbocycles. The van der Waals surface area contributed by atoms with Crippen molar-refractivity contribution in [2.45, 2.75) is 6.92 Å². The average Bonchev–Trinajstić information content (AvgIpc) is 2.69. The molecule has 0 bridgehead atoms. The van der Waals surface area contributed by atoms with Crippen LogP contribution in [0.4, 0.5) is 5.69 Å². The Kier molecular flexibility index (Phi) is 11.8. The zero-order valence-electron chi connectivity index (χ0n) is 16.4. The third kappa shape index (κ3) is 9.50. The molecule has 0 spiro atoms. The second kappa shape index (κ2) is 14.1. The number of nitrogens with zero attached hydrogens (tertiary/aromatic N) is 3. The smallest absolute Gasteiger partial charge is 0.255 e. The number of amides is 2. The number of nitrogen functional groups attached to an aromatic ring is 1. The standard InChI is InChI=1S/C18H24N6O4S2/c1-12(25)14(3-2-6-23-24-20)17(27)21-7-9-29-30-10-8-22-18(28)15-5-4-13(19)11-16(15)26/h2-5,11,25-26H,6-10,19H2,1H3,(H,21,27)(H,22,28)/b3-2-,14-12-. The molecule has 162 valence electrons. The van der Waals surface area contributed by atoms with E-state index in [9.17, 15) is 19.8 Å². The summed E-state index contributed by atoms with van der Waals surface area (Å²) < 4.78 is 0. The van der Waals surface area contributed by atoms with Gasteiger partial charge in [-0.1, -0.05) is 32.8 Å². The highest BCUT2D eigenvalue weighted by Crippen LogP contribution is 2.21. The topological polar surface area (TPSA) is 173 Å². The van der Waals surface area contributed by atoms with Crippen LogP contribution in [0.3, 0.4) is 0 Å². The van der Waals surface area contributed by atoms with Crippen LogP contribution >= 0.6 is 21.6 Å². The molecule has 1 aromatic rings. The number of aromatic hydroxyl groups is 1. The van der Waals surface area contributed by atoms with Crippen molar-refractivity contribution >= 4 is 39.1 Å². The van der Waals surface area contributed by atoms with Gasteiger partial charge in [-0.3, -0.25) is 9.59 Å². The molecule has 0 radical (unpaired) electrons. The van der Waals surface area contributed by atoms with Gasteiger partial charge in [0.15, 0.2) is 0 Å². The van der Waals surface area contributed by atoms with Gasteiger partial charge in [0.1, 0.15) is 11.5 Å². The Bertz CT molecular complexity index is 849. The highest BCUT2D eigenvalue weighted by Gasteiger charge is 2.11. The summed E-state index contributed by atoms with van der Waals surface area (Å²) in [5.74, 6) is 0.178. The van der Waals surface area contributed by atoms with Crippen molar-refractivity contribution in [2.75, 3.05) is 36.9 Å². The molecule has 1 aromatic carbocycles. The van der Waals surface area contributed by atoms with Crippen molar-refractivity contribution in [1.82, 2.24) is 10.6 Å². The molecule has 2 amide bonds. The summed E-state index contributed by atoms with van der Waals surface area (Å²) >= 11 is 0. The number of hydrogen-bond donors (Lipinski definition) is 5. The first-order valence-electron chi connectivity index (χ1n) is 8.83. The molecule has 30 heavy (non-hydrogen) atoms. The predicted molar refractivity (Wildman–Crippen MR) is 121 cm³/mol. The number of nitrogens with two attached hydrogens (primary N) is 1. The minimum atomic E-state index is -0.423. The molecule has 0 atom stereocenters. The van der Waals surface area contributed by atoms with Gasteiger partial charge in [0.05, 0.1) is 11.1 Å². The second-order valence-electron chi connectivity index (χ2n) is 5.75. The molecule has 0 fully saturated rings. The summed E-state index contributed by atoms with van der Waals surface area (Å²) in [5, 5.41) is 28.0. The van der Waals surface area contributed by atoms with Crippen LogP contribution in [-0.2, 0) is 4.79 Å². The normalized spacial score (nSPS) is 11.5. The van der Waals surface area contributed by atoms with Crippen LogP contribution in [0, 0.1) is 0 Å². The number of azide groups is 1. The van der Waals surface area contributed by atoms with Crippen LogP contribution in [0.15, 0.2) is 46.8 Å². The van der Waals surface area contributed by atoms with Gasteiger partial charge in [-0.2, -0.15) is 0 Å². The van der Waals surface area contributed by atoms with Crippen molar-refractivity contribution in [3.05, 3.63) is 57.7 Å². The van der Waals surface area contributed by atoms with Crippen LogP contribution in [0.5, 0.6) is 5.75 Å². The Morgan fingerprint density at radius 2 is 1.93 bits per heavy atom. The molecular weight excluding hydrogens is 428 g/mol. The molecule has 6 N–H and O–H groups in total. The Morgan fingerprint density at radius 3 is 2.53 bits per heavy atom. The van der Waals surface area contributed by atoms with Gasteiger partial charge in [0.25, 0.3) is 11.8 Å². The van der Waals surface area contributed by atoms with Crippen LogP contribution in [0.2, 0.25) is 0 Å². The first-order valence-corrected chi connectivity index (χ1v) is 11.3.